The number of hydrogen-bond acceptors (Lipinski definition) is 7. The summed E-state index contributed by atoms with van der Waals surface area (Å²) in [4.78, 5) is 21.1. The number of aromatic nitrogens is 2. The molecule has 2 heterocycles. The quantitative estimate of drug-likeness (QED) is 0.719. The Morgan fingerprint density at radius 3 is 2.75 bits per heavy atom. The van der Waals surface area contributed by atoms with Crippen LogP contribution in [0.3, 0.4) is 0 Å². The van der Waals surface area contributed by atoms with Crippen LogP contribution in [-0.4, -0.2) is 49.4 Å². The van der Waals surface area contributed by atoms with Crippen LogP contribution in [0.4, 0.5) is 5.95 Å². The van der Waals surface area contributed by atoms with Crippen LogP contribution in [0.15, 0.2) is 24.3 Å². The Bertz CT molecular complexity index is 822. The van der Waals surface area contributed by atoms with Crippen molar-refractivity contribution in [3.05, 3.63) is 41.2 Å². The first-order chi connectivity index (χ1) is 13.6. The molecule has 0 saturated carbocycles. The number of carbonyl (C=O) groups is 1. The van der Waals surface area contributed by atoms with Gasteiger partial charge in [-0.25, -0.2) is 9.97 Å². The third-order valence-corrected chi connectivity index (χ3v) is 4.50. The fourth-order valence-corrected chi connectivity index (χ4v) is 3.04. The molecule has 1 aromatic carbocycles. The number of ether oxygens (including phenoxy) is 3. The second kappa shape index (κ2) is 9.36. The summed E-state index contributed by atoms with van der Waals surface area (Å²) < 4.78 is 16.1. The predicted octanol–water partition coefficient (Wildman–Crippen LogP) is 2.32. The van der Waals surface area contributed by atoms with Crippen LogP contribution in [0.1, 0.15) is 34.6 Å². The minimum Gasteiger partial charge on any atom is -0.493 e. The van der Waals surface area contributed by atoms with Gasteiger partial charge in [0.2, 0.25) is 5.95 Å². The zero-order valence-electron chi connectivity index (χ0n) is 16.4. The molecule has 1 amide bonds. The van der Waals surface area contributed by atoms with Gasteiger partial charge in [0.1, 0.15) is 5.69 Å². The number of carbonyl (C=O) groups excluding carboxylic acids is 1. The lowest BCUT2D eigenvalue weighted by molar-refractivity contribution is 0.0853. The molecular formula is C20H26N4O4. The molecule has 0 radical (unpaired) electrons. The van der Waals surface area contributed by atoms with Gasteiger partial charge in [0, 0.05) is 25.4 Å². The first-order valence-electron chi connectivity index (χ1n) is 9.29. The van der Waals surface area contributed by atoms with Crippen LogP contribution in [0.5, 0.6) is 11.5 Å². The maximum absolute atomic E-state index is 12.4. The first-order valence-corrected chi connectivity index (χ1v) is 9.29. The average molecular weight is 386 g/mol. The monoisotopic (exact) mass is 386 g/mol. The average Bonchev–Trinajstić information content (AvgIpc) is 3.23. The van der Waals surface area contributed by atoms with Crippen molar-refractivity contribution in [1.29, 1.82) is 0 Å². The molecule has 1 aliphatic rings. The second-order valence-corrected chi connectivity index (χ2v) is 6.61. The van der Waals surface area contributed by atoms with Gasteiger partial charge in [0.15, 0.2) is 11.5 Å². The number of rotatable bonds is 8. The van der Waals surface area contributed by atoms with Gasteiger partial charge < -0.3 is 24.8 Å². The predicted molar refractivity (Wildman–Crippen MR) is 105 cm³/mol. The summed E-state index contributed by atoms with van der Waals surface area (Å²) in [6, 6.07) is 7.33. The number of amides is 1. The van der Waals surface area contributed by atoms with Crippen molar-refractivity contribution >= 4 is 11.9 Å². The van der Waals surface area contributed by atoms with Crippen molar-refractivity contribution in [1.82, 2.24) is 15.3 Å². The van der Waals surface area contributed by atoms with Crippen LogP contribution < -0.4 is 20.1 Å². The summed E-state index contributed by atoms with van der Waals surface area (Å²) in [7, 11) is 3.20. The molecule has 1 saturated heterocycles. The van der Waals surface area contributed by atoms with E-state index in [-0.39, 0.29) is 12.0 Å². The second-order valence-electron chi connectivity index (χ2n) is 6.61. The van der Waals surface area contributed by atoms with Gasteiger partial charge in [-0.3, -0.25) is 4.79 Å². The molecule has 2 aromatic rings. The lowest BCUT2D eigenvalue weighted by atomic mass is 10.2. The van der Waals surface area contributed by atoms with Crippen LogP contribution in [-0.2, 0) is 11.3 Å². The molecule has 8 heteroatoms. The number of methoxy groups -OCH3 is 2. The Kier molecular flexibility index (Phi) is 6.65. The van der Waals surface area contributed by atoms with E-state index in [0.717, 1.165) is 25.0 Å². The minimum atomic E-state index is -0.227. The maximum atomic E-state index is 12.4. The first kappa shape index (κ1) is 19.9. The highest BCUT2D eigenvalue weighted by Gasteiger charge is 2.18. The third kappa shape index (κ3) is 5.10. The summed E-state index contributed by atoms with van der Waals surface area (Å²) in [5, 5.41) is 6.04. The van der Waals surface area contributed by atoms with Crippen molar-refractivity contribution in [2.45, 2.75) is 32.4 Å². The molecule has 150 valence electrons. The van der Waals surface area contributed by atoms with Crippen LogP contribution in [0.2, 0.25) is 0 Å². The summed E-state index contributed by atoms with van der Waals surface area (Å²) >= 11 is 0. The molecule has 1 aliphatic heterocycles. The zero-order valence-corrected chi connectivity index (χ0v) is 16.4. The Hall–Kier alpha value is -2.87. The van der Waals surface area contributed by atoms with Crippen LogP contribution in [0.25, 0.3) is 0 Å². The van der Waals surface area contributed by atoms with Gasteiger partial charge in [-0.1, -0.05) is 6.07 Å². The van der Waals surface area contributed by atoms with Gasteiger partial charge in [0.05, 0.1) is 20.3 Å². The van der Waals surface area contributed by atoms with Crippen molar-refractivity contribution < 1.29 is 19.0 Å². The van der Waals surface area contributed by atoms with Gasteiger partial charge in [-0.2, -0.15) is 0 Å². The Balaban J connectivity index is 1.63. The van der Waals surface area contributed by atoms with E-state index in [2.05, 4.69) is 20.6 Å². The third-order valence-electron chi connectivity index (χ3n) is 4.50. The summed E-state index contributed by atoms with van der Waals surface area (Å²) in [6.07, 6.45) is 2.10. The molecule has 28 heavy (non-hydrogen) atoms. The highest BCUT2D eigenvalue weighted by molar-refractivity contribution is 5.92. The molecule has 0 aliphatic carbocycles. The molecular weight excluding hydrogens is 360 g/mol. The summed E-state index contributed by atoms with van der Waals surface area (Å²) in [6.45, 7) is 3.58. The Morgan fingerprint density at radius 1 is 1.21 bits per heavy atom. The molecule has 0 spiro atoms. The summed E-state index contributed by atoms with van der Waals surface area (Å²) in [5.41, 5.74) is 2.03. The lowest BCUT2D eigenvalue weighted by Gasteiger charge is -2.12. The normalized spacial score (nSPS) is 15.9. The fourth-order valence-electron chi connectivity index (χ4n) is 3.04. The fraction of sp³-hybridized carbons (Fsp3) is 0.450. The lowest BCUT2D eigenvalue weighted by Crippen LogP contribution is -2.32. The molecule has 1 fully saturated rings. The van der Waals surface area contributed by atoms with Crippen LogP contribution >= 0.6 is 0 Å². The highest BCUT2D eigenvalue weighted by Crippen LogP contribution is 2.27. The van der Waals surface area contributed by atoms with E-state index in [1.807, 2.05) is 25.1 Å². The Morgan fingerprint density at radius 2 is 2.04 bits per heavy atom. The van der Waals surface area contributed by atoms with E-state index in [1.165, 1.54) is 0 Å². The smallest absolute Gasteiger partial charge is 0.270 e. The van der Waals surface area contributed by atoms with Crippen molar-refractivity contribution in [2.75, 3.05) is 32.7 Å². The van der Waals surface area contributed by atoms with E-state index >= 15 is 0 Å². The van der Waals surface area contributed by atoms with Gasteiger partial charge >= 0.3 is 0 Å². The zero-order chi connectivity index (χ0) is 19.9. The molecule has 1 atom stereocenters. The number of nitrogens with one attached hydrogen (secondary N) is 2. The molecule has 8 nitrogen and oxygen atoms in total. The van der Waals surface area contributed by atoms with E-state index < -0.39 is 0 Å². The number of aryl methyl sites for hydroxylation is 1. The van der Waals surface area contributed by atoms with Crippen LogP contribution in [0, 0.1) is 6.92 Å². The van der Waals surface area contributed by atoms with Crippen molar-refractivity contribution in [3.63, 3.8) is 0 Å². The molecule has 0 bridgehead atoms. The van der Waals surface area contributed by atoms with E-state index in [9.17, 15) is 4.79 Å². The number of benzene rings is 1. The van der Waals surface area contributed by atoms with E-state index in [1.54, 1.807) is 20.3 Å². The molecule has 2 N–H and O–H groups in total. The van der Waals surface area contributed by atoms with Crippen molar-refractivity contribution in [2.24, 2.45) is 0 Å². The topological polar surface area (TPSA) is 94.6 Å². The van der Waals surface area contributed by atoms with Crippen molar-refractivity contribution in [3.8, 4) is 11.5 Å². The molecule has 3 rings (SSSR count). The molecule has 1 unspecified atom stereocenters. The number of hydrogen-bond donors (Lipinski definition) is 2. The summed E-state index contributed by atoms with van der Waals surface area (Å²) in [5.74, 6) is 1.50. The standard InChI is InChI=1S/C20H26N4O4/c1-13-9-16(19(25)21-12-15-5-4-8-28-15)24-20(23-13)22-11-14-6-7-17(26-2)18(10-14)27-3/h6-7,9-10,15H,4-5,8,11-12H2,1-3H3,(H,21,25)(H,22,23,24). The van der Waals surface area contributed by atoms with Gasteiger partial charge in [-0.05, 0) is 43.5 Å². The minimum absolute atomic E-state index is 0.0922. The van der Waals surface area contributed by atoms with E-state index in [4.69, 9.17) is 14.2 Å². The maximum Gasteiger partial charge on any atom is 0.270 e. The molecule has 1 aromatic heterocycles. The van der Waals surface area contributed by atoms with E-state index in [0.29, 0.717) is 41.9 Å². The number of anilines is 1. The Labute approximate surface area is 164 Å². The van der Waals surface area contributed by atoms with Gasteiger partial charge in [-0.15, -0.1) is 0 Å². The number of nitrogens with zero attached hydrogens (tertiary/aromatic N) is 2. The van der Waals surface area contributed by atoms with Gasteiger partial charge in [0.25, 0.3) is 5.91 Å². The highest BCUT2D eigenvalue weighted by atomic mass is 16.5. The SMILES string of the molecule is COc1ccc(CNc2nc(C)cc(C(=O)NCC3CCCO3)n2)cc1OC. The largest absolute Gasteiger partial charge is 0.493 e.